The van der Waals surface area contributed by atoms with Crippen molar-refractivity contribution in [3.8, 4) is 0 Å². The molecule has 0 bridgehead atoms. The van der Waals surface area contributed by atoms with E-state index in [2.05, 4.69) is 126 Å². The van der Waals surface area contributed by atoms with Gasteiger partial charge in [-0.1, -0.05) is 51.6 Å². The molecule has 516 valence electrons. The lowest BCUT2D eigenvalue weighted by atomic mass is 10.1. The number of rotatable bonds is 15. The minimum absolute atomic E-state index is 0.0859. The maximum atomic E-state index is 14.2. The van der Waals surface area contributed by atoms with Crippen molar-refractivity contribution in [3.05, 3.63) is 144 Å². The van der Waals surface area contributed by atoms with Crippen LogP contribution in [0.2, 0.25) is 5.15 Å². The zero-order valence-corrected chi connectivity index (χ0v) is 56.5. The predicted octanol–water partition coefficient (Wildman–Crippen LogP) is 7.77. The van der Waals surface area contributed by atoms with Crippen molar-refractivity contribution < 1.29 is 42.2 Å². The average Bonchev–Trinajstić information content (AvgIpc) is 1.62. The SMILES string of the molecule is CC[C@@H]1CCN(c2cnc(C(=O)Nc3cc4cn(C)nc4cc3F)cn2)C1.CC[C@@H]1CCN(c2cnc(C(=O)OC)cn2)C1.CC[C@@H]1CCN(c2cnc(C(N)=O)cn2)C1.CN[C@@H]1CCN(c2cnc(C(=O)Nc3cc4cn(C)nc4cc3F)cn2)C1.COC(=O)c1cnc(Cl)cn1. The van der Waals surface area contributed by atoms with E-state index in [1.807, 2.05) is 7.05 Å². The van der Waals surface area contributed by atoms with E-state index in [-0.39, 0.29) is 45.0 Å². The molecule has 0 saturated carbocycles. The summed E-state index contributed by atoms with van der Waals surface area (Å²) in [5.41, 5.74) is 7.25. The van der Waals surface area contributed by atoms with E-state index in [1.165, 1.54) is 89.2 Å². The number of anilines is 6. The molecule has 3 amide bonds. The van der Waals surface area contributed by atoms with Crippen LogP contribution in [0.4, 0.5) is 43.4 Å². The summed E-state index contributed by atoms with van der Waals surface area (Å²) in [5, 5.41) is 18.4. The van der Waals surface area contributed by atoms with Crippen LogP contribution in [0.5, 0.6) is 0 Å². The van der Waals surface area contributed by atoms with Gasteiger partial charge in [0.25, 0.3) is 17.7 Å². The first-order chi connectivity index (χ1) is 47.2. The van der Waals surface area contributed by atoms with Crippen molar-refractivity contribution in [2.75, 3.05) is 104 Å². The van der Waals surface area contributed by atoms with Gasteiger partial charge in [-0.15, -0.1) is 0 Å². The van der Waals surface area contributed by atoms with Crippen LogP contribution in [0.1, 0.15) is 118 Å². The van der Waals surface area contributed by atoms with Crippen molar-refractivity contribution >= 4 is 97.7 Å². The molecule has 0 radical (unpaired) electrons. The third kappa shape index (κ3) is 18.9. The molecule has 5 N–H and O–H groups in total. The smallest absolute Gasteiger partial charge is 0.358 e. The summed E-state index contributed by atoms with van der Waals surface area (Å²) in [7, 11) is 8.07. The summed E-state index contributed by atoms with van der Waals surface area (Å²) in [5.74, 6) is 1.76. The molecule has 4 aliphatic heterocycles. The van der Waals surface area contributed by atoms with Gasteiger partial charge in [0.05, 0.1) is 98.6 Å². The number of nitrogens with zero attached hydrogens (tertiary/aromatic N) is 18. The maximum absolute atomic E-state index is 14.2. The molecule has 11 heterocycles. The second-order valence-electron chi connectivity index (χ2n) is 23.7. The second-order valence-corrected chi connectivity index (χ2v) is 24.0. The molecule has 0 aliphatic carbocycles. The van der Waals surface area contributed by atoms with Crippen molar-refractivity contribution in [3.63, 3.8) is 0 Å². The minimum Gasteiger partial charge on any atom is -0.464 e. The Labute approximate surface area is 569 Å². The molecule has 32 heteroatoms. The lowest BCUT2D eigenvalue weighted by molar-refractivity contribution is 0.0584. The number of nitrogens with two attached hydrogens (primary N) is 1. The van der Waals surface area contributed by atoms with E-state index in [9.17, 15) is 32.8 Å². The number of methoxy groups -OCH3 is 2. The summed E-state index contributed by atoms with van der Waals surface area (Å²) >= 11 is 5.43. The number of nitrogens with one attached hydrogen (secondary N) is 3. The third-order valence-electron chi connectivity index (χ3n) is 17.1. The Morgan fingerprint density at radius 1 is 0.500 bits per heavy atom. The van der Waals surface area contributed by atoms with E-state index in [0.717, 1.165) is 118 Å². The van der Waals surface area contributed by atoms with Gasteiger partial charge < -0.3 is 50.8 Å². The fourth-order valence-corrected chi connectivity index (χ4v) is 11.4. The Hall–Kier alpha value is -10.6. The Morgan fingerprint density at radius 3 is 1.17 bits per heavy atom. The van der Waals surface area contributed by atoms with Crippen molar-refractivity contribution in [1.82, 2.24) is 74.7 Å². The van der Waals surface area contributed by atoms with Crippen LogP contribution in [0.3, 0.4) is 0 Å². The number of carbonyl (C=O) groups excluding carboxylic acids is 5. The molecule has 29 nitrogen and oxygen atoms in total. The van der Waals surface area contributed by atoms with Crippen LogP contribution >= 0.6 is 11.6 Å². The first-order valence-corrected chi connectivity index (χ1v) is 32.4. The average molecular weight is 1370 g/mol. The van der Waals surface area contributed by atoms with Crippen LogP contribution in [-0.2, 0) is 23.6 Å². The van der Waals surface area contributed by atoms with Gasteiger partial charge in [-0.3, -0.25) is 23.7 Å². The van der Waals surface area contributed by atoms with Crippen LogP contribution in [0.25, 0.3) is 21.8 Å². The lowest BCUT2D eigenvalue weighted by Gasteiger charge is -2.17. The summed E-state index contributed by atoms with van der Waals surface area (Å²) in [6.45, 7) is 14.4. The first kappa shape index (κ1) is 71.7. The third-order valence-corrected chi connectivity index (χ3v) is 17.3. The fourth-order valence-electron chi connectivity index (χ4n) is 11.3. The van der Waals surface area contributed by atoms with Gasteiger partial charge in [0.15, 0.2) is 11.4 Å². The molecule has 7 aromatic heterocycles. The van der Waals surface area contributed by atoms with E-state index in [1.54, 1.807) is 72.8 Å². The Kier molecular flexibility index (Phi) is 24.8. The molecule has 9 aromatic rings. The quantitative estimate of drug-likeness (QED) is 0.0712. The highest BCUT2D eigenvalue weighted by molar-refractivity contribution is 6.29. The molecule has 4 atom stereocenters. The van der Waals surface area contributed by atoms with Crippen LogP contribution < -0.4 is 41.3 Å². The molecule has 98 heavy (non-hydrogen) atoms. The van der Waals surface area contributed by atoms with Gasteiger partial charge in [0.2, 0.25) is 0 Å². The Morgan fingerprint density at radius 2 is 0.857 bits per heavy atom. The molecule has 4 fully saturated rings. The van der Waals surface area contributed by atoms with Crippen molar-refractivity contribution in [2.24, 2.45) is 37.6 Å². The Bertz CT molecular complexity index is 4010. The summed E-state index contributed by atoms with van der Waals surface area (Å²) in [4.78, 5) is 107. The number of esters is 2. The number of hydrogen-bond acceptors (Lipinski definition) is 24. The largest absolute Gasteiger partial charge is 0.464 e. The molecule has 0 unspecified atom stereocenters. The molecule has 4 saturated heterocycles. The van der Waals surface area contributed by atoms with Crippen LogP contribution in [-0.4, -0.2) is 179 Å². The van der Waals surface area contributed by atoms with E-state index < -0.39 is 41.3 Å². The number of benzene rings is 2. The molecular weight excluding hydrogens is 1290 g/mol. The van der Waals surface area contributed by atoms with Gasteiger partial charge >= 0.3 is 11.9 Å². The number of carbonyl (C=O) groups is 5. The molecule has 13 rings (SSSR count). The number of aryl methyl sites for hydroxylation is 2. The van der Waals surface area contributed by atoms with Crippen LogP contribution in [0, 0.1) is 29.4 Å². The molecule has 0 spiro atoms. The summed E-state index contributed by atoms with van der Waals surface area (Å²) < 4.78 is 40.6. The van der Waals surface area contributed by atoms with E-state index in [0.29, 0.717) is 23.0 Å². The van der Waals surface area contributed by atoms with Gasteiger partial charge in [-0.05, 0) is 62.6 Å². The topological polar surface area (TPSA) is 343 Å². The molecular formula is C66H79ClF2N22O7. The van der Waals surface area contributed by atoms with E-state index in [4.69, 9.17) is 17.3 Å². The highest BCUT2D eigenvalue weighted by atomic mass is 35.5. The van der Waals surface area contributed by atoms with Gasteiger partial charge in [0, 0.05) is 108 Å². The highest BCUT2D eigenvalue weighted by Crippen LogP contribution is 2.28. The zero-order chi connectivity index (χ0) is 70.0. The maximum Gasteiger partial charge on any atom is 0.358 e. The molecule has 4 aliphatic rings. The minimum atomic E-state index is -0.547. The zero-order valence-electron chi connectivity index (χ0n) is 55.8. The first-order valence-electron chi connectivity index (χ1n) is 32.0. The van der Waals surface area contributed by atoms with Crippen molar-refractivity contribution in [1.29, 1.82) is 0 Å². The number of ether oxygens (including phenoxy) is 2. The van der Waals surface area contributed by atoms with Crippen LogP contribution in [0.15, 0.2) is 98.6 Å². The van der Waals surface area contributed by atoms with Crippen molar-refractivity contribution in [2.45, 2.75) is 71.8 Å². The molecule has 2 aromatic carbocycles. The number of primary amides is 1. The number of likely N-dealkylation sites (N-methyl/N-ethyl adjacent to an activating group) is 1. The number of aromatic nitrogens is 14. The normalized spacial score (nSPS) is 17.0. The second kappa shape index (κ2) is 33.9. The van der Waals surface area contributed by atoms with E-state index >= 15 is 0 Å². The van der Waals surface area contributed by atoms with Gasteiger partial charge in [0.1, 0.15) is 57.1 Å². The Balaban J connectivity index is 0.000000149. The number of amides is 3. The highest BCUT2D eigenvalue weighted by Gasteiger charge is 2.27. The fraction of sp³-hybridized carbons (Fsp3) is 0.409. The number of fused-ring (bicyclic) bond motifs is 2. The summed E-state index contributed by atoms with van der Waals surface area (Å²) in [6.07, 6.45) is 26.4. The number of halogens is 3. The predicted molar refractivity (Wildman–Crippen MR) is 365 cm³/mol. The number of hydrogen-bond donors (Lipinski definition) is 4. The van der Waals surface area contributed by atoms with Gasteiger partial charge in [-0.2, -0.15) is 10.2 Å². The standard InChI is InChI=1S/C19H21FN6O.C18H20FN7O.C12H17N3O2.C11H16N4O.C6H5ClN2O2/c1-3-12-4-5-26(10-12)18-9-21-17(8-22-18)19(27)23-16-6-13-11-25(2)24-15(13)7-14(16)20;1-20-12-3-4-26(10-12)17-8-21-16(7-22-17)18(27)23-15-5-11-9-25(2)24-14(11)6-13(15)19;1-3-9-4-5-15(8-9)11-7-13-10(6-14-11)12(16)17-2;1-2-8-3-4-15(7-8)10-6-13-9(5-14-10)11(12)16;1-11-6(10)4-2-9-5(7)3-8-4/h6-9,11-12H,3-5,10H2,1-2H3,(H,23,27);5-9,12,20H,3-4,10H2,1-2H3,(H,23,27);6-7,9H,3-5,8H2,1-2H3;5-6,8H,2-4,7H2,1H3,(H2,12,16);2-3H,1H3/t2*12-;9-;8-;/m1111./s1. The lowest BCUT2D eigenvalue weighted by Crippen LogP contribution is -2.30. The van der Waals surface area contributed by atoms with Gasteiger partial charge in [-0.25, -0.2) is 68.2 Å². The summed E-state index contributed by atoms with van der Waals surface area (Å²) in [6, 6.07) is 6.15. The monoisotopic (exact) mass is 1360 g/mol.